The zero-order chi connectivity index (χ0) is 17.1. The van der Waals surface area contributed by atoms with Crippen molar-refractivity contribution in [2.75, 3.05) is 20.6 Å². The van der Waals surface area contributed by atoms with Crippen molar-refractivity contribution in [3.05, 3.63) is 71.9 Å². The van der Waals surface area contributed by atoms with Gasteiger partial charge in [0.15, 0.2) is 0 Å². The van der Waals surface area contributed by atoms with Crippen molar-refractivity contribution in [3.63, 3.8) is 0 Å². The molecule has 3 rings (SSSR count). The summed E-state index contributed by atoms with van der Waals surface area (Å²) in [4.78, 5) is 15.0. The second kappa shape index (κ2) is 6.89. The third-order valence-corrected chi connectivity index (χ3v) is 4.20. The van der Waals surface area contributed by atoms with Gasteiger partial charge in [-0.15, -0.1) is 0 Å². The lowest BCUT2D eigenvalue weighted by atomic mass is 10.1. The maximum Gasteiger partial charge on any atom is 0.253 e. The molecule has 1 atom stereocenters. The van der Waals surface area contributed by atoms with Crippen LogP contribution >= 0.6 is 0 Å². The molecule has 4 nitrogen and oxygen atoms in total. The Hall–Kier alpha value is -2.59. The fourth-order valence-electron chi connectivity index (χ4n) is 3.04. The van der Waals surface area contributed by atoms with E-state index in [1.807, 2.05) is 74.4 Å². The Labute approximate surface area is 142 Å². The maximum absolute atomic E-state index is 12.9. The molecule has 0 radical (unpaired) electrons. The number of nitrogens with zero attached hydrogens (tertiary/aromatic N) is 2. The highest BCUT2D eigenvalue weighted by molar-refractivity contribution is 6.07. The lowest BCUT2D eigenvalue weighted by molar-refractivity contribution is 0.0931. The first-order valence-electron chi connectivity index (χ1n) is 8.11. The van der Waals surface area contributed by atoms with E-state index < -0.39 is 0 Å². The topological polar surface area (TPSA) is 37.3 Å². The number of fused-ring (bicyclic) bond motifs is 1. The highest BCUT2D eigenvalue weighted by Crippen LogP contribution is 2.21. The van der Waals surface area contributed by atoms with Gasteiger partial charge in [-0.1, -0.05) is 48.5 Å². The quantitative estimate of drug-likeness (QED) is 0.783. The molecule has 3 aromatic rings. The number of aryl methyl sites for hydroxylation is 1. The number of para-hydroxylation sites is 1. The number of likely N-dealkylation sites (N-methyl/N-ethyl adjacent to an activating group) is 1. The van der Waals surface area contributed by atoms with Gasteiger partial charge in [-0.3, -0.25) is 4.79 Å². The standard InChI is InChI=1S/C20H23N3O/c1-22(2)14-18(15-9-5-4-6-10-15)21-20(24)17-13-23(3)19-12-8-7-11-16(17)19/h4-13,18H,14H2,1-3H3,(H,21,24). The lowest BCUT2D eigenvalue weighted by Crippen LogP contribution is -2.35. The van der Waals surface area contributed by atoms with E-state index in [4.69, 9.17) is 0 Å². The van der Waals surface area contributed by atoms with Crippen LogP contribution in [0.3, 0.4) is 0 Å². The van der Waals surface area contributed by atoms with Crippen molar-refractivity contribution < 1.29 is 4.79 Å². The number of nitrogens with one attached hydrogen (secondary N) is 1. The smallest absolute Gasteiger partial charge is 0.253 e. The minimum absolute atomic E-state index is 0.0393. The SMILES string of the molecule is CN(C)CC(NC(=O)c1cn(C)c2ccccc12)c1ccccc1. The Morgan fingerprint density at radius 3 is 2.46 bits per heavy atom. The van der Waals surface area contributed by atoms with Crippen LogP contribution in [-0.4, -0.2) is 36.0 Å². The zero-order valence-electron chi connectivity index (χ0n) is 14.4. The summed E-state index contributed by atoms with van der Waals surface area (Å²) in [5, 5.41) is 4.17. The van der Waals surface area contributed by atoms with Gasteiger partial charge in [-0.25, -0.2) is 0 Å². The van der Waals surface area contributed by atoms with Crippen LogP contribution in [0.2, 0.25) is 0 Å². The Balaban J connectivity index is 1.90. The minimum Gasteiger partial charge on any atom is -0.350 e. The molecule has 0 aliphatic carbocycles. The van der Waals surface area contributed by atoms with Crippen molar-refractivity contribution in [1.82, 2.24) is 14.8 Å². The molecule has 0 saturated carbocycles. The van der Waals surface area contributed by atoms with E-state index in [9.17, 15) is 4.79 Å². The normalized spacial score (nSPS) is 12.5. The summed E-state index contributed by atoms with van der Waals surface area (Å²) in [6.45, 7) is 0.751. The van der Waals surface area contributed by atoms with Gasteiger partial charge in [0.2, 0.25) is 0 Å². The van der Waals surface area contributed by atoms with E-state index in [1.54, 1.807) is 0 Å². The summed E-state index contributed by atoms with van der Waals surface area (Å²) in [6, 6.07) is 18.0. The van der Waals surface area contributed by atoms with Gasteiger partial charge in [-0.2, -0.15) is 0 Å². The Bertz CT molecular complexity index is 836. The second-order valence-electron chi connectivity index (χ2n) is 6.37. The Morgan fingerprint density at radius 1 is 1.08 bits per heavy atom. The molecular weight excluding hydrogens is 298 g/mol. The summed E-state index contributed by atoms with van der Waals surface area (Å²) in [5.41, 5.74) is 2.89. The van der Waals surface area contributed by atoms with Crippen molar-refractivity contribution in [3.8, 4) is 0 Å². The third-order valence-electron chi connectivity index (χ3n) is 4.20. The molecule has 4 heteroatoms. The van der Waals surface area contributed by atoms with Crippen molar-refractivity contribution in [2.45, 2.75) is 6.04 Å². The average molecular weight is 321 g/mol. The maximum atomic E-state index is 12.9. The molecule has 2 aromatic carbocycles. The van der Waals surface area contributed by atoms with Crippen LogP contribution in [0.15, 0.2) is 60.8 Å². The molecule has 1 N–H and O–H groups in total. The first kappa shape index (κ1) is 16.3. The number of amides is 1. The number of aromatic nitrogens is 1. The van der Waals surface area contributed by atoms with Gasteiger partial charge in [0, 0.05) is 30.7 Å². The molecule has 0 saturated heterocycles. The monoisotopic (exact) mass is 321 g/mol. The van der Waals surface area contributed by atoms with E-state index >= 15 is 0 Å². The van der Waals surface area contributed by atoms with Gasteiger partial charge in [0.1, 0.15) is 0 Å². The molecular formula is C20H23N3O. The molecule has 0 bridgehead atoms. The van der Waals surface area contributed by atoms with Crippen molar-refractivity contribution in [1.29, 1.82) is 0 Å². The highest BCUT2D eigenvalue weighted by Gasteiger charge is 2.19. The summed E-state index contributed by atoms with van der Waals surface area (Å²) in [6.07, 6.45) is 1.90. The fourth-order valence-corrected chi connectivity index (χ4v) is 3.04. The number of carbonyl (C=O) groups excluding carboxylic acids is 1. The van der Waals surface area contributed by atoms with Crippen LogP contribution in [-0.2, 0) is 7.05 Å². The molecule has 0 spiro atoms. The average Bonchev–Trinajstić information content (AvgIpc) is 2.92. The van der Waals surface area contributed by atoms with Gasteiger partial charge >= 0.3 is 0 Å². The molecule has 1 heterocycles. The number of carbonyl (C=O) groups is 1. The molecule has 1 aromatic heterocycles. The number of benzene rings is 2. The van der Waals surface area contributed by atoms with Crippen LogP contribution < -0.4 is 5.32 Å². The summed E-state index contributed by atoms with van der Waals surface area (Å²) >= 11 is 0. The van der Waals surface area contributed by atoms with Gasteiger partial charge in [0.25, 0.3) is 5.91 Å². The molecule has 0 fully saturated rings. The summed E-state index contributed by atoms with van der Waals surface area (Å²) in [5.74, 6) is -0.0393. The Kier molecular flexibility index (Phi) is 4.67. The zero-order valence-corrected chi connectivity index (χ0v) is 14.4. The highest BCUT2D eigenvalue weighted by atomic mass is 16.1. The van der Waals surface area contributed by atoms with Crippen molar-refractivity contribution in [2.24, 2.45) is 7.05 Å². The molecule has 24 heavy (non-hydrogen) atoms. The predicted molar refractivity (Wildman–Crippen MR) is 98.1 cm³/mol. The first-order valence-corrected chi connectivity index (χ1v) is 8.11. The molecule has 1 unspecified atom stereocenters. The molecule has 0 aliphatic heterocycles. The Morgan fingerprint density at radius 2 is 1.75 bits per heavy atom. The first-order chi connectivity index (χ1) is 11.6. The molecule has 0 aliphatic rings. The van der Waals surface area contributed by atoms with Gasteiger partial charge in [-0.05, 0) is 25.7 Å². The van der Waals surface area contributed by atoms with Crippen LogP contribution in [0.1, 0.15) is 22.0 Å². The summed E-state index contributed by atoms with van der Waals surface area (Å²) in [7, 11) is 5.99. The van der Waals surface area contributed by atoms with Crippen LogP contribution in [0.25, 0.3) is 10.9 Å². The summed E-state index contributed by atoms with van der Waals surface area (Å²) < 4.78 is 1.99. The fraction of sp³-hybridized carbons (Fsp3) is 0.250. The predicted octanol–water partition coefficient (Wildman–Crippen LogP) is 3.21. The van der Waals surface area contributed by atoms with Crippen LogP contribution in [0.5, 0.6) is 0 Å². The number of hydrogen-bond acceptors (Lipinski definition) is 2. The van der Waals surface area contributed by atoms with Crippen LogP contribution in [0, 0.1) is 0 Å². The van der Waals surface area contributed by atoms with E-state index in [1.165, 1.54) is 0 Å². The lowest BCUT2D eigenvalue weighted by Gasteiger charge is -2.22. The van der Waals surface area contributed by atoms with E-state index in [0.29, 0.717) is 5.56 Å². The van der Waals surface area contributed by atoms with Crippen LogP contribution in [0.4, 0.5) is 0 Å². The van der Waals surface area contributed by atoms with E-state index in [-0.39, 0.29) is 11.9 Å². The van der Waals surface area contributed by atoms with Gasteiger partial charge < -0.3 is 14.8 Å². The number of hydrogen-bond donors (Lipinski definition) is 1. The third kappa shape index (κ3) is 3.34. The minimum atomic E-state index is -0.0485. The number of rotatable bonds is 5. The van der Waals surface area contributed by atoms with E-state index in [2.05, 4.69) is 22.3 Å². The molecule has 124 valence electrons. The van der Waals surface area contributed by atoms with Crippen molar-refractivity contribution >= 4 is 16.8 Å². The largest absolute Gasteiger partial charge is 0.350 e. The second-order valence-corrected chi connectivity index (χ2v) is 6.37. The van der Waals surface area contributed by atoms with Gasteiger partial charge in [0.05, 0.1) is 11.6 Å². The molecule has 1 amide bonds. The van der Waals surface area contributed by atoms with E-state index in [0.717, 1.165) is 23.0 Å².